The molecule has 0 N–H and O–H groups in total. The summed E-state index contributed by atoms with van der Waals surface area (Å²) in [5.74, 6) is 2.03. The predicted molar refractivity (Wildman–Crippen MR) is 99.8 cm³/mol. The fourth-order valence-electron chi connectivity index (χ4n) is 2.91. The highest BCUT2D eigenvalue weighted by Crippen LogP contribution is 2.38. The van der Waals surface area contributed by atoms with E-state index in [0.717, 1.165) is 41.1 Å². The third-order valence-electron chi connectivity index (χ3n) is 4.69. The molecule has 1 aliphatic carbocycles. The van der Waals surface area contributed by atoms with Crippen molar-refractivity contribution in [3.05, 3.63) is 48.2 Å². The van der Waals surface area contributed by atoms with Crippen molar-refractivity contribution in [3.63, 3.8) is 0 Å². The first kappa shape index (κ1) is 17.1. The minimum absolute atomic E-state index is 0.361. The lowest BCUT2D eigenvalue weighted by molar-refractivity contribution is 0.472. The Kier molecular flexibility index (Phi) is 4.24. The highest BCUT2D eigenvalue weighted by Gasteiger charge is 2.29. The van der Waals surface area contributed by atoms with Crippen LogP contribution in [0.15, 0.2) is 36.5 Å². The first-order chi connectivity index (χ1) is 12.4. The van der Waals surface area contributed by atoms with Gasteiger partial charge in [0.05, 0.1) is 17.5 Å². The molecule has 0 atom stereocenters. The summed E-state index contributed by atoms with van der Waals surface area (Å²) >= 11 is 0. The Hall–Kier alpha value is -2.32. The summed E-state index contributed by atoms with van der Waals surface area (Å²) in [5.41, 5.74) is 1.74. The van der Waals surface area contributed by atoms with Crippen LogP contribution in [0.4, 0.5) is 0 Å². The van der Waals surface area contributed by atoms with Crippen LogP contribution in [-0.2, 0) is 16.4 Å². The number of hydrogen-bond acceptors (Lipinski definition) is 5. The molecule has 8 heteroatoms. The molecule has 2 heterocycles. The predicted octanol–water partition coefficient (Wildman–Crippen LogP) is 2.13. The summed E-state index contributed by atoms with van der Waals surface area (Å²) in [6.07, 6.45) is 5.69. The molecule has 0 saturated heterocycles. The van der Waals surface area contributed by atoms with Gasteiger partial charge in [-0.05, 0) is 25.0 Å². The maximum absolute atomic E-state index is 11.7. The van der Waals surface area contributed by atoms with Crippen molar-refractivity contribution in [3.8, 4) is 5.69 Å². The zero-order chi connectivity index (χ0) is 18.3. The van der Waals surface area contributed by atoms with Crippen LogP contribution in [0.1, 0.15) is 30.4 Å². The van der Waals surface area contributed by atoms with Gasteiger partial charge in [0.2, 0.25) is 10.0 Å². The molecular weight excluding hydrogens is 350 g/mol. The summed E-state index contributed by atoms with van der Waals surface area (Å²) in [6.45, 7) is 0.361. The van der Waals surface area contributed by atoms with Gasteiger partial charge in [0.15, 0.2) is 5.82 Å². The Morgan fingerprint density at radius 3 is 2.73 bits per heavy atom. The molecule has 1 aromatic carbocycles. The van der Waals surface area contributed by atoms with Crippen LogP contribution < -0.4 is 0 Å². The lowest BCUT2D eigenvalue weighted by Crippen LogP contribution is -2.28. The number of sulfonamides is 1. The topological polar surface area (TPSA) is 81.0 Å². The van der Waals surface area contributed by atoms with E-state index < -0.39 is 10.0 Å². The van der Waals surface area contributed by atoms with Gasteiger partial charge in [-0.15, -0.1) is 0 Å². The van der Waals surface area contributed by atoms with Crippen LogP contribution in [-0.4, -0.2) is 52.3 Å². The molecule has 1 aliphatic rings. The van der Waals surface area contributed by atoms with E-state index in [-0.39, 0.29) is 0 Å². The quantitative estimate of drug-likeness (QED) is 0.663. The van der Waals surface area contributed by atoms with E-state index in [1.807, 2.05) is 35.0 Å². The van der Waals surface area contributed by atoms with E-state index in [1.54, 1.807) is 13.2 Å². The fraction of sp³-hybridized carbons (Fsp3) is 0.389. The normalized spacial score (nSPS) is 15.0. The highest BCUT2D eigenvalue weighted by atomic mass is 32.2. The van der Waals surface area contributed by atoms with Gasteiger partial charge in [0.1, 0.15) is 5.82 Å². The van der Waals surface area contributed by atoms with Crippen molar-refractivity contribution in [2.45, 2.75) is 25.2 Å². The van der Waals surface area contributed by atoms with Gasteiger partial charge in [-0.1, -0.05) is 18.2 Å². The van der Waals surface area contributed by atoms with Gasteiger partial charge >= 0.3 is 0 Å². The number of likely N-dealkylation sites (N-methyl/N-ethyl adjacent to an activating group) is 1. The maximum Gasteiger partial charge on any atom is 0.210 e. The molecule has 7 nitrogen and oxygen atoms in total. The lowest BCUT2D eigenvalue weighted by Gasteiger charge is -2.14. The zero-order valence-electron chi connectivity index (χ0n) is 14.8. The van der Waals surface area contributed by atoms with E-state index in [1.165, 1.54) is 10.6 Å². The average molecular weight is 371 g/mol. The molecule has 136 valence electrons. The van der Waals surface area contributed by atoms with Crippen LogP contribution in [0.25, 0.3) is 16.6 Å². The van der Waals surface area contributed by atoms with E-state index in [9.17, 15) is 8.42 Å². The number of pyridine rings is 1. The van der Waals surface area contributed by atoms with Crippen molar-refractivity contribution in [1.82, 2.24) is 24.1 Å². The number of rotatable bonds is 6. The first-order valence-electron chi connectivity index (χ1n) is 8.65. The van der Waals surface area contributed by atoms with Crippen LogP contribution in [0, 0.1) is 0 Å². The van der Waals surface area contributed by atoms with Gasteiger partial charge in [-0.3, -0.25) is 4.98 Å². The zero-order valence-corrected chi connectivity index (χ0v) is 15.6. The summed E-state index contributed by atoms with van der Waals surface area (Å²) in [7, 11) is -1.64. The summed E-state index contributed by atoms with van der Waals surface area (Å²) in [5, 5.41) is 5.77. The van der Waals surface area contributed by atoms with Gasteiger partial charge in [-0.2, -0.15) is 5.10 Å². The Balaban J connectivity index is 1.75. The first-order valence-corrected chi connectivity index (χ1v) is 10.5. The summed E-state index contributed by atoms with van der Waals surface area (Å²) in [4.78, 5) is 9.22. The summed E-state index contributed by atoms with van der Waals surface area (Å²) in [6, 6.07) is 9.89. The Morgan fingerprint density at radius 1 is 1.23 bits per heavy atom. The third-order valence-corrected chi connectivity index (χ3v) is 6.00. The van der Waals surface area contributed by atoms with Crippen LogP contribution in [0.3, 0.4) is 0 Å². The second-order valence-electron chi connectivity index (χ2n) is 6.76. The molecule has 0 unspecified atom stereocenters. The monoisotopic (exact) mass is 371 g/mol. The molecule has 4 rings (SSSR count). The van der Waals surface area contributed by atoms with E-state index in [4.69, 9.17) is 10.1 Å². The van der Waals surface area contributed by atoms with Gasteiger partial charge in [-0.25, -0.2) is 22.4 Å². The van der Waals surface area contributed by atoms with Crippen LogP contribution >= 0.6 is 0 Å². The molecule has 3 aromatic rings. The largest absolute Gasteiger partial charge is 0.254 e. The standard InChI is InChI=1S/C18H21N5O2S/c1-22(26(2,24)25)12-10-16-20-18(14-8-9-14)21-23(16)15-7-3-5-13-6-4-11-19-17(13)15/h3-7,11,14H,8-10,12H2,1-2H3. The van der Waals surface area contributed by atoms with Crippen molar-refractivity contribution in [1.29, 1.82) is 0 Å². The molecule has 1 saturated carbocycles. The number of benzene rings is 1. The van der Waals surface area contributed by atoms with Crippen molar-refractivity contribution >= 4 is 20.9 Å². The van der Waals surface area contributed by atoms with Gasteiger partial charge in [0.25, 0.3) is 0 Å². The summed E-state index contributed by atoms with van der Waals surface area (Å²) < 4.78 is 26.5. The minimum Gasteiger partial charge on any atom is -0.254 e. The van der Waals surface area contributed by atoms with E-state index >= 15 is 0 Å². The van der Waals surface area contributed by atoms with Gasteiger partial charge in [0, 0.05) is 37.5 Å². The van der Waals surface area contributed by atoms with Crippen molar-refractivity contribution < 1.29 is 8.42 Å². The molecule has 0 aliphatic heterocycles. The Labute approximate surface area is 152 Å². The maximum atomic E-state index is 11.7. The number of nitrogens with zero attached hydrogens (tertiary/aromatic N) is 5. The van der Waals surface area contributed by atoms with E-state index in [0.29, 0.717) is 18.9 Å². The molecule has 26 heavy (non-hydrogen) atoms. The number of fused-ring (bicyclic) bond motifs is 1. The minimum atomic E-state index is -3.22. The van der Waals surface area contributed by atoms with Crippen molar-refractivity contribution in [2.75, 3.05) is 19.8 Å². The molecule has 0 spiro atoms. The molecule has 0 bridgehead atoms. The third kappa shape index (κ3) is 3.34. The van der Waals surface area contributed by atoms with Crippen molar-refractivity contribution in [2.24, 2.45) is 0 Å². The fourth-order valence-corrected chi connectivity index (χ4v) is 3.34. The second-order valence-corrected chi connectivity index (χ2v) is 8.85. The molecular formula is C18H21N5O2S. The van der Waals surface area contributed by atoms with Crippen LogP contribution in [0.5, 0.6) is 0 Å². The van der Waals surface area contributed by atoms with Gasteiger partial charge < -0.3 is 0 Å². The van der Waals surface area contributed by atoms with Crippen LogP contribution in [0.2, 0.25) is 0 Å². The van der Waals surface area contributed by atoms with E-state index in [2.05, 4.69) is 4.98 Å². The second kappa shape index (κ2) is 6.44. The highest BCUT2D eigenvalue weighted by molar-refractivity contribution is 7.88. The lowest BCUT2D eigenvalue weighted by atomic mass is 10.2. The number of hydrogen-bond donors (Lipinski definition) is 0. The molecule has 0 radical (unpaired) electrons. The SMILES string of the molecule is CN(CCc1nc(C2CC2)nn1-c1cccc2cccnc12)S(C)(=O)=O. The molecule has 2 aromatic heterocycles. The molecule has 0 amide bonds. The Bertz CT molecular complexity index is 1050. The number of aromatic nitrogens is 4. The smallest absolute Gasteiger partial charge is 0.210 e. The molecule has 1 fully saturated rings. The number of para-hydroxylation sites is 1. The average Bonchev–Trinajstić information content (AvgIpc) is 3.38. The Morgan fingerprint density at radius 2 is 2.00 bits per heavy atom.